The van der Waals surface area contributed by atoms with Crippen LogP contribution >= 0.6 is 23.2 Å². The summed E-state index contributed by atoms with van der Waals surface area (Å²) >= 11 is 12.9. The number of rotatable bonds is 9. The predicted molar refractivity (Wildman–Crippen MR) is 176 cm³/mol. The molecule has 0 radical (unpaired) electrons. The summed E-state index contributed by atoms with van der Waals surface area (Å²) in [4.78, 5) is 25.5. The summed E-state index contributed by atoms with van der Waals surface area (Å²) in [5.41, 5.74) is 1.95. The largest absolute Gasteiger partial charge is 0.481 e. The quantitative estimate of drug-likeness (QED) is 0.122. The number of aliphatic carboxylic acids is 1. The molecule has 47 heavy (non-hydrogen) atoms. The maximum absolute atomic E-state index is 12.5. The number of carbonyl (C=O) groups excluding carboxylic acids is 1. The van der Waals surface area contributed by atoms with E-state index in [1.54, 1.807) is 55.5 Å². The fourth-order valence-corrected chi connectivity index (χ4v) is 6.42. The van der Waals surface area contributed by atoms with Crippen molar-refractivity contribution in [2.24, 2.45) is 16.1 Å². The molecule has 1 saturated heterocycles. The Morgan fingerprint density at radius 2 is 1.81 bits per heavy atom. The molecule has 1 fully saturated rings. The van der Waals surface area contributed by atoms with E-state index in [1.165, 1.54) is 0 Å². The minimum atomic E-state index is -4.65. The second-order valence-electron chi connectivity index (χ2n) is 10.6. The van der Waals surface area contributed by atoms with E-state index in [0.717, 1.165) is 16.8 Å². The number of carboxylic acids is 1. The van der Waals surface area contributed by atoms with E-state index in [4.69, 9.17) is 23.2 Å². The lowest BCUT2D eigenvalue weighted by Crippen LogP contribution is -2.38. The maximum atomic E-state index is 12.5. The van der Waals surface area contributed by atoms with Crippen LogP contribution in [0, 0.1) is 17.2 Å². The first-order valence-corrected chi connectivity index (χ1v) is 16.5. The van der Waals surface area contributed by atoms with Crippen molar-refractivity contribution in [3.8, 4) is 23.0 Å². The van der Waals surface area contributed by atoms with E-state index >= 15 is 0 Å². The Morgan fingerprint density at radius 1 is 1.11 bits per heavy atom. The molecule has 0 saturated carbocycles. The van der Waals surface area contributed by atoms with Crippen LogP contribution in [-0.4, -0.2) is 52.8 Å². The number of nitrogens with zero attached hydrogens (tertiary/aromatic N) is 6. The van der Waals surface area contributed by atoms with Crippen LogP contribution < -0.4 is 10.2 Å². The molecule has 0 spiro atoms. The number of nitriles is 1. The highest BCUT2D eigenvalue weighted by Crippen LogP contribution is 2.40. The van der Waals surface area contributed by atoms with Gasteiger partial charge in [-0.1, -0.05) is 60.5 Å². The zero-order chi connectivity index (χ0) is 33.9. The van der Waals surface area contributed by atoms with Gasteiger partial charge in [0.1, 0.15) is 28.7 Å². The van der Waals surface area contributed by atoms with Gasteiger partial charge < -0.3 is 15.3 Å². The molecule has 4 aromatic rings. The zero-order valence-electron chi connectivity index (χ0n) is 24.8. The molecule has 16 heteroatoms. The van der Waals surface area contributed by atoms with Crippen molar-refractivity contribution in [1.82, 2.24) is 9.78 Å². The van der Waals surface area contributed by atoms with Gasteiger partial charge in [-0.2, -0.15) is 18.8 Å². The average Bonchev–Trinajstić information content (AvgIpc) is 3.41. The number of azo groups is 1. The second kappa shape index (κ2) is 13.9. The molecule has 13 nitrogen and oxygen atoms in total. The summed E-state index contributed by atoms with van der Waals surface area (Å²) in [6.45, 7) is 2.63. The minimum absolute atomic E-state index is 0.00488. The molecule has 1 unspecified atom stereocenters. The second-order valence-corrected chi connectivity index (χ2v) is 12.8. The van der Waals surface area contributed by atoms with Crippen molar-refractivity contribution < 1.29 is 27.7 Å². The van der Waals surface area contributed by atoms with Crippen LogP contribution in [0.2, 0.25) is 10.0 Å². The van der Waals surface area contributed by atoms with Crippen molar-refractivity contribution in [2.45, 2.75) is 31.1 Å². The molecule has 242 valence electrons. The maximum Gasteiger partial charge on any atom is 0.308 e. The summed E-state index contributed by atoms with van der Waals surface area (Å²) in [6, 6.07) is 17.9. The van der Waals surface area contributed by atoms with Crippen LogP contribution in [0.1, 0.15) is 31.7 Å². The molecular formula is C31H27Cl2N7O6S. The number of piperidine rings is 1. The van der Waals surface area contributed by atoms with E-state index in [9.17, 15) is 32.9 Å². The van der Waals surface area contributed by atoms with Crippen LogP contribution in [-0.2, 0) is 19.7 Å². The molecular weight excluding hydrogens is 669 g/mol. The molecule has 5 rings (SSSR count). The third-order valence-corrected chi connectivity index (χ3v) is 8.89. The lowest BCUT2D eigenvalue weighted by Gasteiger charge is -2.32. The first kappa shape index (κ1) is 33.6. The molecule has 0 bridgehead atoms. The van der Waals surface area contributed by atoms with Crippen molar-refractivity contribution in [3.63, 3.8) is 0 Å². The number of hydrogen-bond donors (Lipinski definition) is 3. The van der Waals surface area contributed by atoms with Gasteiger partial charge in [-0.3, -0.25) is 14.1 Å². The number of halogens is 2. The van der Waals surface area contributed by atoms with Crippen LogP contribution in [0.4, 0.5) is 22.9 Å². The van der Waals surface area contributed by atoms with Gasteiger partial charge in [0.25, 0.3) is 10.1 Å². The number of hydrogen-bond acceptors (Lipinski definition) is 9. The summed E-state index contributed by atoms with van der Waals surface area (Å²) in [5, 5.41) is 35.5. The monoisotopic (exact) mass is 695 g/mol. The highest BCUT2D eigenvalue weighted by atomic mass is 35.5. The fourth-order valence-electron chi connectivity index (χ4n) is 5.11. The Labute approximate surface area is 279 Å². The SMILES string of the molecule is CCC(=O)Nc1cc(N2CCCC(C(=O)O)C2)ccc1N=Nc1c(C#N)c(-c2ccccc2)nn1-c1c(Cl)cc(S(=O)(=O)O)cc1Cl. The average molecular weight is 697 g/mol. The fraction of sp³-hybridized carbons (Fsp3) is 0.226. The zero-order valence-corrected chi connectivity index (χ0v) is 27.1. The third kappa shape index (κ3) is 7.28. The minimum Gasteiger partial charge on any atom is -0.481 e. The smallest absolute Gasteiger partial charge is 0.308 e. The normalized spacial score (nSPS) is 15.0. The number of carbonyl (C=O) groups is 2. The molecule has 1 atom stereocenters. The van der Waals surface area contributed by atoms with Gasteiger partial charge >= 0.3 is 5.97 Å². The molecule has 2 heterocycles. The number of amides is 1. The van der Waals surface area contributed by atoms with Gasteiger partial charge in [-0.15, -0.1) is 10.2 Å². The Hall–Kier alpha value is -4.81. The van der Waals surface area contributed by atoms with E-state index in [2.05, 4.69) is 26.7 Å². The molecule has 3 aromatic carbocycles. The van der Waals surface area contributed by atoms with Crippen molar-refractivity contribution >= 4 is 68.1 Å². The first-order chi connectivity index (χ1) is 22.4. The number of benzene rings is 3. The summed E-state index contributed by atoms with van der Waals surface area (Å²) in [6.07, 6.45) is 1.44. The van der Waals surface area contributed by atoms with Gasteiger partial charge in [-0.25, -0.2) is 4.68 Å². The van der Waals surface area contributed by atoms with Crippen molar-refractivity contribution in [1.29, 1.82) is 5.26 Å². The predicted octanol–water partition coefficient (Wildman–Crippen LogP) is 7.03. The molecule has 1 aromatic heterocycles. The molecule has 0 aliphatic carbocycles. The lowest BCUT2D eigenvalue weighted by molar-refractivity contribution is -0.142. The summed E-state index contributed by atoms with van der Waals surface area (Å²) in [5.74, 6) is -1.79. The van der Waals surface area contributed by atoms with Crippen LogP contribution in [0.25, 0.3) is 16.9 Å². The van der Waals surface area contributed by atoms with Gasteiger partial charge in [-0.05, 0) is 43.2 Å². The Morgan fingerprint density at radius 3 is 2.43 bits per heavy atom. The molecule has 1 aliphatic rings. The van der Waals surface area contributed by atoms with Gasteiger partial charge in [0.15, 0.2) is 5.82 Å². The van der Waals surface area contributed by atoms with E-state index in [-0.39, 0.29) is 50.8 Å². The third-order valence-electron chi connectivity index (χ3n) is 7.48. The van der Waals surface area contributed by atoms with E-state index < -0.39 is 26.9 Å². The molecule has 1 amide bonds. The standard InChI is InChI=1S/C31H27Cl2N7O6S/c1-2-27(41)35-26-13-20(39-12-6-9-19(17-39)31(42)43)10-11-25(26)36-37-30-22(16-34)28(18-7-4-3-5-8-18)38-40(30)29-23(32)14-21(15-24(29)33)47(44,45)46/h3-5,7-8,10-11,13-15,19H,2,6,9,12,17H2,1H3,(H,35,41)(H,42,43)(H,44,45,46). The summed E-state index contributed by atoms with van der Waals surface area (Å²) in [7, 11) is -4.65. The summed E-state index contributed by atoms with van der Waals surface area (Å²) < 4.78 is 34.3. The van der Waals surface area contributed by atoms with Gasteiger partial charge in [0.05, 0.1) is 26.5 Å². The van der Waals surface area contributed by atoms with Crippen LogP contribution in [0.3, 0.4) is 0 Å². The Balaban J connectivity index is 1.65. The van der Waals surface area contributed by atoms with Gasteiger partial charge in [0, 0.05) is 30.8 Å². The highest BCUT2D eigenvalue weighted by Gasteiger charge is 2.27. The first-order valence-electron chi connectivity index (χ1n) is 14.3. The number of aromatic nitrogens is 2. The molecule has 3 N–H and O–H groups in total. The van der Waals surface area contributed by atoms with E-state index in [0.29, 0.717) is 42.9 Å². The lowest BCUT2D eigenvalue weighted by atomic mass is 9.97. The van der Waals surface area contributed by atoms with E-state index in [1.807, 2.05) is 4.90 Å². The van der Waals surface area contributed by atoms with Gasteiger partial charge in [0.2, 0.25) is 5.91 Å². The Bertz CT molecular complexity index is 2020. The topological polar surface area (TPSA) is 190 Å². The number of nitrogens with one attached hydrogen (secondary N) is 1. The number of carboxylic acid groups (broad SMARTS) is 1. The Kier molecular flexibility index (Phi) is 9.92. The van der Waals surface area contributed by atoms with Crippen molar-refractivity contribution in [3.05, 3.63) is 76.3 Å². The number of anilines is 2. The highest BCUT2D eigenvalue weighted by molar-refractivity contribution is 7.85. The molecule has 1 aliphatic heterocycles. The van der Waals surface area contributed by atoms with Crippen LogP contribution in [0.15, 0.2) is 75.8 Å². The van der Waals surface area contributed by atoms with Crippen LogP contribution in [0.5, 0.6) is 0 Å². The van der Waals surface area contributed by atoms with Crippen molar-refractivity contribution in [2.75, 3.05) is 23.3 Å².